The predicted octanol–water partition coefficient (Wildman–Crippen LogP) is 3.37. The van der Waals surface area contributed by atoms with Gasteiger partial charge in [0, 0.05) is 29.6 Å². The minimum atomic E-state index is -1.19. The smallest absolute Gasteiger partial charge is 0.217 e. The molecule has 29 heavy (non-hydrogen) atoms. The summed E-state index contributed by atoms with van der Waals surface area (Å²) in [6, 6.07) is 14.8. The molecule has 1 aromatic heterocycles. The summed E-state index contributed by atoms with van der Waals surface area (Å²) in [5.74, 6) is -1.20. The van der Waals surface area contributed by atoms with Crippen molar-refractivity contribution in [3.8, 4) is 11.3 Å². The number of carbonyl (C=O) groups excluding carboxylic acids is 2. The van der Waals surface area contributed by atoms with Crippen LogP contribution in [0.1, 0.15) is 36.2 Å². The number of aromatic nitrogens is 1. The van der Waals surface area contributed by atoms with Crippen LogP contribution in [-0.2, 0) is 11.2 Å². The van der Waals surface area contributed by atoms with Gasteiger partial charge in [-0.15, -0.1) is 11.3 Å². The second kappa shape index (κ2) is 9.34. The molecule has 0 aliphatic heterocycles. The zero-order chi connectivity index (χ0) is 20.8. The van der Waals surface area contributed by atoms with Crippen LogP contribution in [0, 0.1) is 0 Å². The van der Waals surface area contributed by atoms with E-state index in [-0.39, 0.29) is 17.5 Å². The Morgan fingerprint density at radius 3 is 2.41 bits per heavy atom. The fourth-order valence-corrected chi connectivity index (χ4v) is 3.66. The molecule has 2 aromatic carbocycles. The van der Waals surface area contributed by atoms with E-state index in [9.17, 15) is 14.7 Å². The van der Waals surface area contributed by atoms with Crippen LogP contribution >= 0.6 is 11.3 Å². The highest BCUT2D eigenvalue weighted by atomic mass is 32.1. The number of amides is 1. The number of rotatable bonds is 8. The van der Waals surface area contributed by atoms with Crippen molar-refractivity contribution in [1.82, 2.24) is 10.3 Å². The van der Waals surface area contributed by atoms with Crippen LogP contribution in [0.3, 0.4) is 0 Å². The Hall–Kier alpha value is -3.19. The molecule has 0 saturated heterocycles. The molecule has 3 rings (SSSR count). The molecule has 0 fully saturated rings. The summed E-state index contributed by atoms with van der Waals surface area (Å²) < 4.78 is 0. The van der Waals surface area contributed by atoms with Gasteiger partial charge in [-0.3, -0.25) is 4.79 Å². The number of hydrogen-bond donors (Lipinski definition) is 2. The molecule has 1 atom stereocenters. The highest BCUT2D eigenvalue weighted by Crippen LogP contribution is 2.27. The SMILES string of the molecule is CC(=O)N[C@H](C)CCc1ccc(-c2csc(Nc3ccc(C(=O)[O-])cc3)n2)cc1. The summed E-state index contributed by atoms with van der Waals surface area (Å²) in [4.78, 5) is 26.5. The van der Waals surface area contributed by atoms with E-state index in [2.05, 4.69) is 27.8 Å². The summed E-state index contributed by atoms with van der Waals surface area (Å²) in [5.41, 5.74) is 4.02. The maximum absolute atomic E-state index is 11.1. The summed E-state index contributed by atoms with van der Waals surface area (Å²) in [7, 11) is 0. The molecular formula is C22H22N3O3S-. The highest BCUT2D eigenvalue weighted by molar-refractivity contribution is 7.14. The van der Waals surface area contributed by atoms with E-state index in [1.54, 1.807) is 12.1 Å². The van der Waals surface area contributed by atoms with Gasteiger partial charge in [0.15, 0.2) is 5.13 Å². The molecule has 0 unspecified atom stereocenters. The molecule has 0 bridgehead atoms. The average Bonchev–Trinajstić information content (AvgIpc) is 3.15. The van der Waals surface area contributed by atoms with Gasteiger partial charge < -0.3 is 20.5 Å². The van der Waals surface area contributed by atoms with Crippen LogP contribution in [0.2, 0.25) is 0 Å². The number of carbonyl (C=O) groups is 2. The van der Waals surface area contributed by atoms with Gasteiger partial charge in [-0.05, 0) is 43.0 Å². The second-order valence-electron chi connectivity index (χ2n) is 6.86. The number of nitrogens with zero attached hydrogens (tertiary/aromatic N) is 1. The number of carboxylic acid groups (broad SMARTS) is 1. The van der Waals surface area contributed by atoms with Gasteiger partial charge >= 0.3 is 0 Å². The zero-order valence-electron chi connectivity index (χ0n) is 16.3. The third-order valence-corrected chi connectivity index (χ3v) is 5.20. The first-order valence-corrected chi connectivity index (χ1v) is 10.2. The number of nitrogens with one attached hydrogen (secondary N) is 2. The van der Waals surface area contributed by atoms with Gasteiger partial charge in [0.05, 0.1) is 11.7 Å². The lowest BCUT2D eigenvalue weighted by Gasteiger charge is -2.12. The molecule has 6 nitrogen and oxygen atoms in total. The van der Waals surface area contributed by atoms with Gasteiger partial charge in [0.1, 0.15) is 0 Å². The molecule has 3 aromatic rings. The Bertz CT molecular complexity index is 981. The number of benzene rings is 2. The normalized spacial score (nSPS) is 11.7. The minimum Gasteiger partial charge on any atom is -0.545 e. The number of anilines is 2. The maximum Gasteiger partial charge on any atom is 0.217 e. The Balaban J connectivity index is 1.59. The number of hydrogen-bond acceptors (Lipinski definition) is 6. The van der Waals surface area contributed by atoms with Crippen LogP contribution in [0.25, 0.3) is 11.3 Å². The summed E-state index contributed by atoms with van der Waals surface area (Å²) in [5, 5.41) is 19.6. The molecule has 0 aliphatic rings. The van der Waals surface area contributed by atoms with E-state index in [4.69, 9.17) is 0 Å². The van der Waals surface area contributed by atoms with Crippen LogP contribution in [-0.4, -0.2) is 22.9 Å². The van der Waals surface area contributed by atoms with Crippen molar-refractivity contribution in [3.05, 3.63) is 65.0 Å². The van der Waals surface area contributed by atoms with Crippen LogP contribution in [0.4, 0.5) is 10.8 Å². The van der Waals surface area contributed by atoms with Crippen LogP contribution in [0.15, 0.2) is 53.9 Å². The lowest BCUT2D eigenvalue weighted by molar-refractivity contribution is -0.255. The Morgan fingerprint density at radius 2 is 1.79 bits per heavy atom. The van der Waals surface area contributed by atoms with Crippen LogP contribution in [0.5, 0.6) is 0 Å². The fourth-order valence-electron chi connectivity index (χ4n) is 2.92. The van der Waals surface area contributed by atoms with Crippen molar-refractivity contribution in [1.29, 1.82) is 0 Å². The molecule has 1 heterocycles. The molecule has 0 radical (unpaired) electrons. The Kier molecular flexibility index (Phi) is 6.61. The van der Waals surface area contributed by atoms with E-state index >= 15 is 0 Å². The monoisotopic (exact) mass is 408 g/mol. The number of aryl methyl sites for hydroxylation is 1. The quantitative estimate of drug-likeness (QED) is 0.596. The second-order valence-corrected chi connectivity index (χ2v) is 7.72. The average molecular weight is 409 g/mol. The van der Waals surface area contributed by atoms with Crippen molar-refractivity contribution in [2.75, 3.05) is 5.32 Å². The minimum absolute atomic E-state index is 0.00405. The molecule has 0 saturated carbocycles. The van der Waals surface area contributed by atoms with Gasteiger partial charge in [-0.2, -0.15) is 0 Å². The number of carboxylic acids is 1. The zero-order valence-corrected chi connectivity index (χ0v) is 17.1. The first kappa shape index (κ1) is 20.5. The largest absolute Gasteiger partial charge is 0.545 e. The molecule has 0 aliphatic carbocycles. The van der Waals surface area contributed by atoms with Crippen molar-refractivity contribution in [2.24, 2.45) is 0 Å². The first-order chi connectivity index (χ1) is 13.9. The summed E-state index contributed by atoms with van der Waals surface area (Å²) in [6.07, 6.45) is 1.79. The lowest BCUT2D eigenvalue weighted by Crippen LogP contribution is -2.30. The first-order valence-electron chi connectivity index (χ1n) is 9.31. The van der Waals surface area contributed by atoms with Crippen molar-refractivity contribution < 1.29 is 14.7 Å². The van der Waals surface area contributed by atoms with Gasteiger partial charge in [-0.25, -0.2) is 4.98 Å². The molecule has 150 valence electrons. The van der Waals surface area contributed by atoms with Gasteiger partial charge in [0.25, 0.3) is 0 Å². The summed E-state index contributed by atoms with van der Waals surface area (Å²) >= 11 is 1.48. The summed E-state index contributed by atoms with van der Waals surface area (Å²) in [6.45, 7) is 3.54. The molecule has 1 amide bonds. The van der Waals surface area contributed by atoms with Gasteiger partial charge in [-0.1, -0.05) is 36.4 Å². The molecule has 7 heteroatoms. The Morgan fingerprint density at radius 1 is 1.10 bits per heavy atom. The van der Waals surface area contributed by atoms with Crippen molar-refractivity contribution >= 4 is 34.0 Å². The third-order valence-electron chi connectivity index (χ3n) is 4.44. The number of thiazole rings is 1. The molecular weight excluding hydrogens is 386 g/mol. The van der Waals surface area contributed by atoms with E-state index in [1.165, 1.54) is 36.0 Å². The van der Waals surface area contributed by atoms with E-state index in [1.807, 2.05) is 24.4 Å². The topological polar surface area (TPSA) is 94.2 Å². The third kappa shape index (κ3) is 5.89. The number of aromatic carboxylic acids is 1. The molecule has 2 N–H and O–H groups in total. The van der Waals surface area contributed by atoms with E-state index in [0.29, 0.717) is 0 Å². The fraction of sp³-hybridized carbons (Fsp3) is 0.227. The molecule has 0 spiro atoms. The van der Waals surface area contributed by atoms with Gasteiger partial charge in [0.2, 0.25) is 5.91 Å². The highest BCUT2D eigenvalue weighted by Gasteiger charge is 2.07. The standard InChI is InChI=1S/C22H23N3O3S/c1-14(23-15(2)26)3-4-16-5-7-17(8-6-16)20-13-29-22(25-20)24-19-11-9-18(10-12-19)21(27)28/h5-14H,3-4H2,1-2H3,(H,23,26)(H,24,25)(H,27,28)/p-1/t14-/m1/s1. The maximum atomic E-state index is 11.1. The van der Waals surface area contributed by atoms with Crippen molar-refractivity contribution in [2.45, 2.75) is 32.7 Å². The van der Waals surface area contributed by atoms with Crippen LogP contribution < -0.4 is 15.7 Å². The Labute approximate surface area is 173 Å². The lowest BCUT2D eigenvalue weighted by atomic mass is 10.0. The van der Waals surface area contributed by atoms with E-state index < -0.39 is 5.97 Å². The predicted molar refractivity (Wildman–Crippen MR) is 113 cm³/mol. The van der Waals surface area contributed by atoms with E-state index in [0.717, 1.165) is 34.9 Å². The van der Waals surface area contributed by atoms with Crippen molar-refractivity contribution in [3.63, 3.8) is 0 Å².